The molecule has 3 aromatic rings. The normalized spacial score (nSPS) is 11.6. The van der Waals surface area contributed by atoms with E-state index in [0.29, 0.717) is 17.5 Å². The smallest absolute Gasteiger partial charge is 0.242 e. The molecular weight excluding hydrogens is 376 g/mol. The Morgan fingerprint density at radius 2 is 1.86 bits per heavy atom. The fourth-order valence-electron chi connectivity index (χ4n) is 2.77. The Bertz CT molecular complexity index is 1110. The topological polar surface area (TPSA) is 92.2 Å². The first kappa shape index (κ1) is 19.8. The summed E-state index contributed by atoms with van der Waals surface area (Å²) < 4.78 is 27.8. The van der Waals surface area contributed by atoms with Gasteiger partial charge in [0.1, 0.15) is 11.6 Å². The van der Waals surface area contributed by atoms with Gasteiger partial charge in [-0.05, 0) is 49.2 Å². The van der Waals surface area contributed by atoms with Gasteiger partial charge in [-0.25, -0.2) is 17.7 Å². The summed E-state index contributed by atoms with van der Waals surface area (Å²) in [7, 11) is 1.46. The number of benzene rings is 1. The molecule has 0 aliphatic carbocycles. The van der Waals surface area contributed by atoms with E-state index in [1.165, 1.54) is 24.0 Å². The van der Waals surface area contributed by atoms with Gasteiger partial charge in [-0.2, -0.15) is 4.98 Å². The minimum Gasteiger partial charge on any atom is -0.337 e. The lowest BCUT2D eigenvalue weighted by Crippen LogP contribution is -2.22. The lowest BCUT2D eigenvalue weighted by molar-refractivity contribution is 0.521. The molecule has 0 aliphatic rings. The van der Waals surface area contributed by atoms with E-state index in [2.05, 4.69) is 40.6 Å². The molecule has 3 rings (SSSR count). The van der Waals surface area contributed by atoms with E-state index in [1.54, 1.807) is 36.5 Å². The van der Waals surface area contributed by atoms with Crippen LogP contribution in [0, 0.1) is 13.8 Å². The number of nitrogens with one attached hydrogen (secondary N) is 2. The van der Waals surface area contributed by atoms with Gasteiger partial charge in [-0.15, -0.1) is 0 Å². The Morgan fingerprint density at radius 3 is 2.50 bits per heavy atom. The van der Waals surface area contributed by atoms with Crippen molar-refractivity contribution >= 4 is 33.3 Å². The highest BCUT2D eigenvalue weighted by molar-refractivity contribution is 7.89. The average molecular weight is 401 g/mol. The van der Waals surface area contributed by atoms with Gasteiger partial charge in [0.05, 0.1) is 4.90 Å². The molecule has 148 valence electrons. The van der Waals surface area contributed by atoms with Crippen molar-refractivity contribution in [2.45, 2.75) is 18.7 Å². The van der Waals surface area contributed by atoms with Crippen LogP contribution in [0.5, 0.6) is 0 Å². The molecule has 0 bridgehead atoms. The molecule has 1 aromatic carbocycles. The number of sulfonamides is 1. The minimum absolute atomic E-state index is 0.201. The Hall–Kier alpha value is -2.91. The maximum atomic E-state index is 12.3. The van der Waals surface area contributed by atoms with Crippen LogP contribution >= 0.6 is 0 Å². The van der Waals surface area contributed by atoms with Crippen LogP contribution in [0.15, 0.2) is 47.6 Å². The molecule has 0 spiro atoms. The van der Waals surface area contributed by atoms with Crippen molar-refractivity contribution in [2.75, 3.05) is 24.7 Å². The summed E-state index contributed by atoms with van der Waals surface area (Å²) >= 11 is 0. The maximum Gasteiger partial charge on any atom is 0.242 e. The monoisotopic (exact) mass is 400 g/mol. The molecule has 2 N–H and O–H groups in total. The first-order chi connectivity index (χ1) is 13.2. The van der Waals surface area contributed by atoms with Crippen molar-refractivity contribution in [3.05, 3.63) is 53.9 Å². The fraction of sp³-hybridized carbons (Fsp3) is 0.263. The third-order valence-electron chi connectivity index (χ3n) is 4.46. The zero-order valence-corrected chi connectivity index (χ0v) is 17.4. The number of nitrogens with zero attached hydrogens (tertiary/aromatic N) is 4. The maximum absolute atomic E-state index is 12.3. The summed E-state index contributed by atoms with van der Waals surface area (Å²) in [4.78, 5) is 8.90. The Kier molecular flexibility index (Phi) is 5.39. The second kappa shape index (κ2) is 7.61. The van der Waals surface area contributed by atoms with Crippen LogP contribution in [0.1, 0.15) is 11.1 Å². The molecule has 28 heavy (non-hydrogen) atoms. The van der Waals surface area contributed by atoms with E-state index >= 15 is 0 Å². The highest BCUT2D eigenvalue weighted by Gasteiger charge is 2.17. The highest BCUT2D eigenvalue weighted by atomic mass is 32.2. The van der Waals surface area contributed by atoms with Crippen LogP contribution < -0.4 is 10.6 Å². The third-order valence-corrected chi connectivity index (χ3v) is 6.27. The van der Waals surface area contributed by atoms with Gasteiger partial charge in [0, 0.05) is 39.2 Å². The van der Waals surface area contributed by atoms with Gasteiger partial charge in [-0.3, -0.25) is 0 Å². The Balaban J connectivity index is 1.84. The summed E-state index contributed by atoms with van der Waals surface area (Å²) in [6, 6.07) is 8.34. The second-order valence-electron chi connectivity index (χ2n) is 6.73. The van der Waals surface area contributed by atoms with E-state index in [9.17, 15) is 8.42 Å². The van der Waals surface area contributed by atoms with Crippen molar-refractivity contribution in [1.29, 1.82) is 0 Å². The van der Waals surface area contributed by atoms with Crippen LogP contribution in [-0.2, 0) is 17.1 Å². The predicted octanol–water partition coefficient (Wildman–Crippen LogP) is 3.17. The number of aromatic nitrogens is 3. The van der Waals surface area contributed by atoms with E-state index in [4.69, 9.17) is 0 Å². The van der Waals surface area contributed by atoms with E-state index in [1.807, 2.05) is 11.6 Å². The largest absolute Gasteiger partial charge is 0.337 e. The standard InChI is InChI=1S/C19H24N6O2S/c1-13-12-25(5)18(14(13)2)22-17-9-10-20-19(23-17)21-15-7-6-8-16(11-15)28(26,27)24(3)4/h6-12H,1-5H3,(H2,20,21,22,23). The molecule has 0 fully saturated rings. The minimum atomic E-state index is -3.51. The van der Waals surface area contributed by atoms with Gasteiger partial charge < -0.3 is 15.2 Å². The van der Waals surface area contributed by atoms with Crippen molar-refractivity contribution in [1.82, 2.24) is 18.8 Å². The Morgan fingerprint density at radius 1 is 1.11 bits per heavy atom. The fourth-order valence-corrected chi connectivity index (χ4v) is 3.72. The summed E-state index contributed by atoms with van der Waals surface area (Å²) in [5, 5.41) is 6.37. The number of hydrogen-bond acceptors (Lipinski definition) is 6. The van der Waals surface area contributed by atoms with Crippen molar-refractivity contribution < 1.29 is 8.42 Å². The lowest BCUT2D eigenvalue weighted by atomic mass is 10.2. The molecule has 8 nitrogen and oxygen atoms in total. The zero-order valence-electron chi connectivity index (χ0n) is 16.6. The van der Waals surface area contributed by atoms with Crippen LogP contribution in [0.3, 0.4) is 0 Å². The molecule has 0 unspecified atom stereocenters. The number of hydrogen-bond donors (Lipinski definition) is 2. The summed E-state index contributed by atoms with van der Waals surface area (Å²) in [5.41, 5.74) is 2.93. The second-order valence-corrected chi connectivity index (χ2v) is 8.88. The van der Waals surface area contributed by atoms with Gasteiger partial charge >= 0.3 is 0 Å². The molecule has 2 heterocycles. The van der Waals surface area contributed by atoms with Gasteiger partial charge in [0.25, 0.3) is 0 Å². The molecule has 0 atom stereocenters. The van der Waals surface area contributed by atoms with Crippen LogP contribution in [0.25, 0.3) is 0 Å². The average Bonchev–Trinajstić information content (AvgIpc) is 2.88. The molecule has 2 aromatic heterocycles. The first-order valence-corrected chi connectivity index (χ1v) is 10.1. The zero-order chi connectivity index (χ0) is 20.5. The van der Waals surface area contributed by atoms with Crippen LogP contribution in [-0.4, -0.2) is 41.4 Å². The van der Waals surface area contributed by atoms with Crippen molar-refractivity contribution in [3.8, 4) is 0 Å². The van der Waals surface area contributed by atoms with Crippen LogP contribution in [0.4, 0.5) is 23.3 Å². The lowest BCUT2D eigenvalue weighted by Gasteiger charge is -2.13. The third kappa shape index (κ3) is 4.00. The van der Waals surface area contributed by atoms with Crippen molar-refractivity contribution in [3.63, 3.8) is 0 Å². The molecule has 0 amide bonds. The van der Waals surface area contributed by atoms with Crippen molar-refractivity contribution in [2.24, 2.45) is 7.05 Å². The first-order valence-electron chi connectivity index (χ1n) is 8.70. The number of rotatable bonds is 6. The molecular formula is C19H24N6O2S. The molecule has 0 saturated carbocycles. The van der Waals surface area contributed by atoms with Gasteiger partial charge in [0.15, 0.2) is 0 Å². The molecule has 9 heteroatoms. The number of aryl methyl sites for hydroxylation is 2. The molecule has 0 aliphatic heterocycles. The highest BCUT2D eigenvalue weighted by Crippen LogP contribution is 2.24. The molecule has 0 saturated heterocycles. The quantitative estimate of drug-likeness (QED) is 0.660. The predicted molar refractivity (Wildman–Crippen MR) is 111 cm³/mol. The van der Waals surface area contributed by atoms with E-state index in [0.717, 1.165) is 11.4 Å². The summed E-state index contributed by atoms with van der Waals surface area (Å²) in [6.07, 6.45) is 3.69. The Labute approximate surface area is 165 Å². The number of anilines is 4. The van der Waals surface area contributed by atoms with E-state index < -0.39 is 10.0 Å². The summed E-state index contributed by atoms with van der Waals surface area (Å²) in [5.74, 6) is 1.97. The SMILES string of the molecule is Cc1cn(C)c(Nc2ccnc(Nc3cccc(S(=O)(=O)N(C)C)c3)n2)c1C. The molecule has 0 radical (unpaired) electrons. The van der Waals surface area contributed by atoms with Gasteiger partial charge in [-0.1, -0.05) is 6.07 Å². The summed E-state index contributed by atoms with van der Waals surface area (Å²) in [6.45, 7) is 4.11. The van der Waals surface area contributed by atoms with Crippen LogP contribution in [0.2, 0.25) is 0 Å². The van der Waals surface area contributed by atoms with Gasteiger partial charge in [0.2, 0.25) is 16.0 Å². The van der Waals surface area contributed by atoms with E-state index in [-0.39, 0.29) is 4.90 Å².